The minimum Gasteiger partial charge on any atom is -0.445 e. The summed E-state index contributed by atoms with van der Waals surface area (Å²) in [5.74, 6) is 0. The molecule has 0 aromatic carbocycles. The summed E-state index contributed by atoms with van der Waals surface area (Å²) in [7, 11) is 0. The molecule has 0 amide bonds. The first-order chi connectivity index (χ1) is 6.07. The van der Waals surface area contributed by atoms with Gasteiger partial charge in [0.25, 0.3) is 0 Å². The smallest absolute Gasteiger partial charge is 0.445 e. The lowest BCUT2D eigenvalue weighted by Gasteiger charge is -2.13. The van der Waals surface area contributed by atoms with Crippen molar-refractivity contribution in [2.45, 2.75) is 0 Å². The van der Waals surface area contributed by atoms with E-state index in [2.05, 4.69) is 9.97 Å². The lowest BCUT2D eigenvalue weighted by Crippen LogP contribution is -2.34. The zero-order valence-electron chi connectivity index (χ0n) is 6.47. The van der Waals surface area contributed by atoms with E-state index >= 15 is 0 Å². The largest absolute Gasteiger partial charge is 0.511 e. The van der Waals surface area contributed by atoms with Crippen molar-refractivity contribution in [2.24, 2.45) is 0 Å². The molecule has 13 heavy (non-hydrogen) atoms. The van der Waals surface area contributed by atoms with Gasteiger partial charge in [-0.25, -0.2) is 0 Å². The van der Waals surface area contributed by atoms with E-state index in [-0.39, 0.29) is 0 Å². The molecule has 0 saturated carbocycles. The van der Waals surface area contributed by atoms with Gasteiger partial charge in [-0.05, 0) is 6.07 Å². The molecule has 0 radical (unpaired) electrons. The van der Waals surface area contributed by atoms with Gasteiger partial charge in [-0.15, -0.1) is 0 Å². The summed E-state index contributed by atoms with van der Waals surface area (Å²) < 4.78 is 36.7. The number of hydrogen-bond donors (Lipinski definition) is 1. The molecule has 2 aromatic rings. The van der Waals surface area contributed by atoms with Crippen molar-refractivity contribution in [1.29, 1.82) is 0 Å². The maximum Gasteiger partial charge on any atom is 0.511 e. The van der Waals surface area contributed by atoms with Crippen LogP contribution in [-0.4, -0.2) is 16.9 Å². The van der Waals surface area contributed by atoms with Crippen LogP contribution >= 0.6 is 0 Å². The van der Waals surface area contributed by atoms with Crippen LogP contribution in [0.25, 0.3) is 11.0 Å². The van der Waals surface area contributed by atoms with E-state index in [9.17, 15) is 12.9 Å². The Morgan fingerprint density at radius 2 is 2.08 bits per heavy atom. The number of aromatic nitrogens is 2. The maximum atomic E-state index is 12.2. The molecule has 0 unspecified atom stereocenters. The van der Waals surface area contributed by atoms with Gasteiger partial charge in [-0.3, -0.25) is 4.98 Å². The standard InChI is InChI=1S/C7H5BF3N2/c9-8(10,11)5-3-7-6(13-4-5)1-2-12-7/h1-4,12H/q-1. The zero-order valence-corrected chi connectivity index (χ0v) is 6.47. The molecule has 0 spiro atoms. The van der Waals surface area contributed by atoms with Gasteiger partial charge in [0.15, 0.2) is 0 Å². The molecule has 0 bridgehead atoms. The normalized spacial score (nSPS) is 12.2. The van der Waals surface area contributed by atoms with Crippen molar-refractivity contribution in [3.05, 3.63) is 24.5 Å². The fraction of sp³-hybridized carbons (Fsp3) is 0. The van der Waals surface area contributed by atoms with E-state index in [0.717, 1.165) is 12.3 Å². The van der Waals surface area contributed by atoms with E-state index in [0.29, 0.717) is 11.0 Å². The highest BCUT2D eigenvalue weighted by Crippen LogP contribution is 2.12. The van der Waals surface area contributed by atoms with E-state index in [1.54, 1.807) is 12.3 Å². The van der Waals surface area contributed by atoms with Crippen molar-refractivity contribution in [1.82, 2.24) is 9.97 Å². The molecular formula is C7H5BF3N2-. The van der Waals surface area contributed by atoms with E-state index in [1.165, 1.54) is 0 Å². The van der Waals surface area contributed by atoms with Crippen LogP contribution in [0.4, 0.5) is 12.9 Å². The van der Waals surface area contributed by atoms with Crippen molar-refractivity contribution in [3.8, 4) is 0 Å². The van der Waals surface area contributed by atoms with Gasteiger partial charge in [0.05, 0.1) is 11.0 Å². The molecule has 0 fully saturated rings. The average molecular weight is 185 g/mol. The van der Waals surface area contributed by atoms with Gasteiger partial charge >= 0.3 is 6.98 Å². The SMILES string of the molecule is F[B-](F)(F)c1cnc2cc[nH]c2c1. The van der Waals surface area contributed by atoms with E-state index in [4.69, 9.17) is 0 Å². The van der Waals surface area contributed by atoms with Gasteiger partial charge in [-0.1, -0.05) is 11.5 Å². The number of aromatic amines is 1. The van der Waals surface area contributed by atoms with Crippen LogP contribution in [0.1, 0.15) is 0 Å². The molecular weight excluding hydrogens is 180 g/mol. The van der Waals surface area contributed by atoms with Crippen molar-refractivity contribution in [2.75, 3.05) is 0 Å². The highest BCUT2D eigenvalue weighted by atomic mass is 19.4. The van der Waals surface area contributed by atoms with Crippen LogP contribution in [0.2, 0.25) is 0 Å². The fourth-order valence-corrected chi connectivity index (χ4v) is 1.13. The Kier molecular flexibility index (Phi) is 1.58. The Labute approximate surface area is 71.8 Å². The summed E-state index contributed by atoms with van der Waals surface area (Å²) in [4.78, 5) is 6.35. The molecule has 0 aliphatic heterocycles. The highest BCUT2D eigenvalue weighted by molar-refractivity contribution is 6.73. The third-order valence-corrected chi connectivity index (χ3v) is 1.80. The summed E-state index contributed by atoms with van der Waals surface area (Å²) in [6.45, 7) is -4.95. The number of nitrogens with one attached hydrogen (secondary N) is 1. The van der Waals surface area contributed by atoms with Crippen LogP contribution in [0.15, 0.2) is 24.5 Å². The Hall–Kier alpha value is -1.46. The molecule has 2 aromatic heterocycles. The molecule has 1 N–H and O–H groups in total. The van der Waals surface area contributed by atoms with Crippen molar-refractivity contribution < 1.29 is 12.9 Å². The van der Waals surface area contributed by atoms with Gasteiger partial charge in [0, 0.05) is 12.4 Å². The number of fused-ring (bicyclic) bond motifs is 1. The molecule has 0 aliphatic rings. The Morgan fingerprint density at radius 1 is 1.31 bits per heavy atom. The van der Waals surface area contributed by atoms with Crippen LogP contribution in [0.5, 0.6) is 0 Å². The second-order valence-electron chi connectivity index (χ2n) is 2.75. The van der Waals surface area contributed by atoms with Crippen LogP contribution in [-0.2, 0) is 0 Å². The first kappa shape index (κ1) is 8.16. The lowest BCUT2D eigenvalue weighted by molar-refractivity contribution is 0.501. The molecule has 0 atom stereocenters. The molecule has 2 rings (SSSR count). The molecule has 0 saturated heterocycles. The van der Waals surface area contributed by atoms with Crippen LogP contribution < -0.4 is 5.46 Å². The van der Waals surface area contributed by atoms with Gasteiger partial charge in [-0.2, -0.15) is 0 Å². The third kappa shape index (κ3) is 1.39. The first-order valence-electron chi connectivity index (χ1n) is 3.70. The molecule has 0 aliphatic carbocycles. The predicted octanol–water partition coefficient (Wildman–Crippen LogP) is 1.62. The van der Waals surface area contributed by atoms with Crippen LogP contribution in [0.3, 0.4) is 0 Å². The Balaban J connectivity index is 2.61. The third-order valence-electron chi connectivity index (χ3n) is 1.80. The van der Waals surface area contributed by atoms with Gasteiger partial charge in [0.1, 0.15) is 0 Å². The molecule has 68 valence electrons. The molecule has 2 nitrogen and oxygen atoms in total. The first-order valence-corrected chi connectivity index (χ1v) is 3.70. The Morgan fingerprint density at radius 3 is 2.77 bits per heavy atom. The number of nitrogens with zero attached hydrogens (tertiary/aromatic N) is 1. The summed E-state index contributed by atoms with van der Waals surface area (Å²) in [5, 5.41) is 0. The second kappa shape index (κ2) is 2.51. The number of rotatable bonds is 1. The van der Waals surface area contributed by atoms with E-state index in [1.807, 2.05) is 0 Å². The minimum atomic E-state index is -4.95. The van der Waals surface area contributed by atoms with Crippen molar-refractivity contribution in [3.63, 3.8) is 0 Å². The maximum absolute atomic E-state index is 12.2. The Bertz CT molecular complexity index is 434. The van der Waals surface area contributed by atoms with Crippen molar-refractivity contribution >= 4 is 23.5 Å². The topological polar surface area (TPSA) is 28.7 Å². The monoisotopic (exact) mass is 185 g/mol. The summed E-state index contributed by atoms with van der Waals surface area (Å²) in [5.41, 5.74) is 0.287. The number of halogens is 3. The number of hydrogen-bond acceptors (Lipinski definition) is 1. The summed E-state index contributed by atoms with van der Waals surface area (Å²) >= 11 is 0. The van der Waals surface area contributed by atoms with Gasteiger partial charge < -0.3 is 17.9 Å². The molecule has 2 heterocycles. The average Bonchev–Trinajstić information content (AvgIpc) is 2.47. The zero-order chi connectivity index (χ0) is 9.47. The predicted molar refractivity (Wildman–Crippen MR) is 44.8 cm³/mol. The number of H-pyrrole nitrogens is 1. The highest BCUT2D eigenvalue weighted by Gasteiger charge is 2.25. The van der Waals surface area contributed by atoms with Crippen LogP contribution in [0, 0.1) is 0 Å². The summed E-state index contributed by atoms with van der Waals surface area (Å²) in [6.07, 6.45) is 2.42. The number of pyridine rings is 1. The fourth-order valence-electron chi connectivity index (χ4n) is 1.13. The minimum absolute atomic E-state index is 0.414. The van der Waals surface area contributed by atoms with Gasteiger partial charge in [0.2, 0.25) is 0 Å². The van der Waals surface area contributed by atoms with E-state index < -0.39 is 12.4 Å². The quantitative estimate of drug-likeness (QED) is 0.671. The second-order valence-corrected chi connectivity index (χ2v) is 2.75. The lowest BCUT2D eigenvalue weighted by atomic mass is 9.81. The summed E-state index contributed by atoms with van der Waals surface area (Å²) in [6, 6.07) is 2.70. The molecule has 6 heteroatoms.